The zero-order valence-electron chi connectivity index (χ0n) is 15.2. The summed E-state index contributed by atoms with van der Waals surface area (Å²) < 4.78 is 24.4. The number of pyridine rings is 1. The van der Waals surface area contributed by atoms with Crippen molar-refractivity contribution in [3.8, 4) is 0 Å². The monoisotopic (exact) mass is 408 g/mol. The molecule has 4 N–H and O–H groups in total. The highest BCUT2D eigenvalue weighted by Crippen LogP contribution is 2.50. The molecule has 10 nitrogen and oxygen atoms in total. The first kappa shape index (κ1) is 20.0. The van der Waals surface area contributed by atoms with E-state index in [2.05, 4.69) is 10.3 Å². The van der Waals surface area contributed by atoms with Gasteiger partial charge in [-0.1, -0.05) is 6.07 Å². The zero-order chi connectivity index (χ0) is 20.9. The second kappa shape index (κ2) is 6.67. The lowest BCUT2D eigenvalue weighted by Crippen LogP contribution is -2.59. The fraction of sp³-hybridized carbons (Fsp3) is 0.412. The van der Waals surface area contributed by atoms with Gasteiger partial charge in [0, 0.05) is 19.3 Å². The Morgan fingerprint density at radius 2 is 2.04 bits per heavy atom. The summed E-state index contributed by atoms with van der Waals surface area (Å²) in [7, 11) is -4.12. The van der Waals surface area contributed by atoms with Crippen LogP contribution in [-0.4, -0.2) is 70.4 Å². The molecule has 0 saturated carbocycles. The quantitative estimate of drug-likeness (QED) is 0.402. The molecule has 0 aliphatic carbocycles. The Balaban J connectivity index is 2.22. The lowest BCUT2D eigenvalue weighted by molar-refractivity contribution is -0.152. The molecule has 1 aromatic heterocycles. The van der Waals surface area contributed by atoms with Crippen LogP contribution in [0.15, 0.2) is 30.0 Å². The second-order valence-electron chi connectivity index (χ2n) is 7.00. The number of β-lactam (4-membered cyclic amide) rings is 1. The van der Waals surface area contributed by atoms with E-state index in [1.807, 2.05) is 0 Å². The van der Waals surface area contributed by atoms with Gasteiger partial charge >= 0.3 is 5.97 Å². The van der Waals surface area contributed by atoms with Crippen molar-refractivity contribution in [2.45, 2.75) is 30.0 Å². The van der Waals surface area contributed by atoms with Crippen molar-refractivity contribution in [3.05, 3.63) is 35.7 Å². The summed E-state index contributed by atoms with van der Waals surface area (Å²) in [5.41, 5.74) is 5.05. The molecular formula is C17H20N4O6S. The molecule has 0 unspecified atom stereocenters. The van der Waals surface area contributed by atoms with Gasteiger partial charge in [0.2, 0.25) is 0 Å². The van der Waals surface area contributed by atoms with Gasteiger partial charge in [-0.3, -0.25) is 14.6 Å². The molecule has 2 fully saturated rings. The third kappa shape index (κ3) is 2.61. The molecule has 0 spiro atoms. The van der Waals surface area contributed by atoms with Gasteiger partial charge in [-0.05, 0) is 26.0 Å². The van der Waals surface area contributed by atoms with Gasteiger partial charge in [0.25, 0.3) is 11.8 Å². The van der Waals surface area contributed by atoms with Crippen molar-refractivity contribution >= 4 is 33.2 Å². The molecule has 0 bridgehead atoms. The summed E-state index contributed by atoms with van der Waals surface area (Å²) in [6, 6.07) is 3.12. The van der Waals surface area contributed by atoms with Gasteiger partial charge in [-0.25, -0.2) is 13.2 Å². The van der Waals surface area contributed by atoms with Crippen molar-refractivity contribution < 1.29 is 27.9 Å². The van der Waals surface area contributed by atoms with E-state index in [1.165, 1.54) is 26.1 Å². The molecule has 2 aliphatic heterocycles. The number of nitrogens with one attached hydrogen (secondary N) is 1. The van der Waals surface area contributed by atoms with Crippen LogP contribution in [0.3, 0.4) is 0 Å². The van der Waals surface area contributed by atoms with E-state index < -0.39 is 43.8 Å². The molecule has 1 aromatic rings. The number of sulfone groups is 1. The van der Waals surface area contributed by atoms with Crippen LogP contribution < -0.4 is 11.1 Å². The maximum atomic E-state index is 13.1. The zero-order valence-corrected chi connectivity index (χ0v) is 16.1. The van der Waals surface area contributed by atoms with E-state index in [9.17, 15) is 27.9 Å². The van der Waals surface area contributed by atoms with Crippen LogP contribution in [0, 0.1) is 0 Å². The molecule has 0 aromatic carbocycles. The van der Waals surface area contributed by atoms with E-state index >= 15 is 0 Å². The van der Waals surface area contributed by atoms with Crippen LogP contribution in [0.4, 0.5) is 0 Å². The number of rotatable bonds is 5. The number of carbonyl (C=O) groups is 3. The molecule has 28 heavy (non-hydrogen) atoms. The summed E-state index contributed by atoms with van der Waals surface area (Å²) >= 11 is 0. The lowest BCUT2D eigenvalue weighted by Gasteiger charge is -2.39. The SMILES string of the molecule is CC1(C)[C@H](C(=O)O)N2C(=O)C(=C(C(=O)NCCN)c3ccccn3)[C@H]2S1(=O)=O. The molecular weight excluding hydrogens is 388 g/mol. The Bertz CT molecular complexity index is 986. The van der Waals surface area contributed by atoms with Crippen LogP contribution in [0.5, 0.6) is 0 Å². The average Bonchev–Trinajstić information content (AvgIpc) is 2.78. The molecule has 2 amide bonds. The second-order valence-corrected chi connectivity index (χ2v) is 9.59. The number of nitrogens with zero attached hydrogens (tertiary/aromatic N) is 2. The third-order valence-electron chi connectivity index (χ3n) is 5.01. The Labute approximate surface area is 161 Å². The topological polar surface area (TPSA) is 160 Å². The normalized spacial score (nSPS) is 26.2. The molecule has 0 radical (unpaired) electrons. The predicted molar refractivity (Wildman–Crippen MR) is 98.3 cm³/mol. The van der Waals surface area contributed by atoms with Crippen LogP contribution in [0.1, 0.15) is 19.5 Å². The average molecular weight is 408 g/mol. The Kier molecular flexibility index (Phi) is 4.76. The number of amides is 2. The van der Waals surface area contributed by atoms with Gasteiger partial charge < -0.3 is 21.1 Å². The summed E-state index contributed by atoms with van der Waals surface area (Å²) in [4.78, 5) is 42.1. The van der Waals surface area contributed by atoms with Gasteiger partial charge in [0.15, 0.2) is 21.3 Å². The summed E-state index contributed by atoms with van der Waals surface area (Å²) in [6.45, 7) is 2.78. The minimum absolute atomic E-state index is 0.112. The predicted octanol–water partition coefficient (Wildman–Crippen LogP) is -1.26. The van der Waals surface area contributed by atoms with Crippen molar-refractivity contribution in [2.75, 3.05) is 13.1 Å². The standard InChI is InChI=1S/C17H20N4O6S/c1-17(2)12(16(24)25)21-14(23)11(15(21)28(17,26)27)10(13(22)20-8-6-18)9-5-3-4-7-19-9/h3-5,7,12,15H,6,8,18H2,1-2H3,(H,20,22)(H,24,25)/t12-,15+/m0/s1. The lowest BCUT2D eigenvalue weighted by atomic mass is 9.91. The summed E-state index contributed by atoms with van der Waals surface area (Å²) in [6.07, 6.45) is 1.40. The molecule has 3 heterocycles. The van der Waals surface area contributed by atoms with Crippen LogP contribution in [-0.2, 0) is 24.2 Å². The minimum atomic E-state index is -4.12. The number of carbonyl (C=O) groups excluding carboxylic acids is 2. The number of nitrogens with two attached hydrogens (primary N) is 1. The molecule has 2 atom stereocenters. The first-order valence-electron chi connectivity index (χ1n) is 8.50. The first-order valence-corrected chi connectivity index (χ1v) is 10.0. The van der Waals surface area contributed by atoms with E-state index in [0.717, 1.165) is 4.90 Å². The van der Waals surface area contributed by atoms with E-state index in [0.29, 0.717) is 0 Å². The molecule has 150 valence electrons. The number of aliphatic carboxylic acids is 1. The largest absolute Gasteiger partial charge is 0.480 e. The fourth-order valence-corrected chi connectivity index (χ4v) is 5.71. The number of hydrogen-bond acceptors (Lipinski definition) is 7. The smallest absolute Gasteiger partial charge is 0.328 e. The summed E-state index contributed by atoms with van der Waals surface area (Å²) in [5.74, 6) is -2.93. The van der Waals surface area contributed by atoms with Gasteiger partial charge in [-0.2, -0.15) is 0 Å². The molecule has 2 aliphatic rings. The maximum absolute atomic E-state index is 13.1. The van der Waals surface area contributed by atoms with Crippen molar-refractivity contribution in [1.82, 2.24) is 15.2 Å². The number of carboxylic acids is 1. The Morgan fingerprint density at radius 1 is 1.36 bits per heavy atom. The first-order chi connectivity index (χ1) is 13.1. The van der Waals surface area contributed by atoms with Gasteiger partial charge in [-0.15, -0.1) is 0 Å². The van der Waals surface area contributed by atoms with Crippen molar-refractivity contribution in [1.29, 1.82) is 0 Å². The number of carboxylic acid groups (broad SMARTS) is 1. The van der Waals surface area contributed by atoms with E-state index in [1.54, 1.807) is 12.1 Å². The number of hydrogen-bond donors (Lipinski definition) is 3. The highest BCUT2D eigenvalue weighted by Gasteiger charge is 2.71. The van der Waals surface area contributed by atoms with E-state index in [4.69, 9.17) is 5.73 Å². The third-order valence-corrected chi connectivity index (χ3v) is 7.75. The number of fused-ring (bicyclic) bond motifs is 1. The highest BCUT2D eigenvalue weighted by atomic mass is 32.2. The summed E-state index contributed by atoms with van der Waals surface area (Å²) in [5, 5.41) is 10.5. The van der Waals surface area contributed by atoms with E-state index in [-0.39, 0.29) is 29.9 Å². The van der Waals surface area contributed by atoms with Crippen LogP contribution in [0.25, 0.3) is 5.57 Å². The van der Waals surface area contributed by atoms with Crippen molar-refractivity contribution in [3.63, 3.8) is 0 Å². The molecule has 2 saturated heterocycles. The fourth-order valence-electron chi connectivity index (χ4n) is 3.57. The Morgan fingerprint density at radius 3 is 2.57 bits per heavy atom. The molecule has 3 rings (SSSR count). The van der Waals surface area contributed by atoms with Crippen molar-refractivity contribution in [2.24, 2.45) is 5.73 Å². The van der Waals surface area contributed by atoms with Crippen LogP contribution in [0.2, 0.25) is 0 Å². The van der Waals surface area contributed by atoms with Gasteiger partial charge in [0.05, 0.1) is 16.8 Å². The molecule has 11 heteroatoms. The van der Waals surface area contributed by atoms with Crippen LogP contribution >= 0.6 is 0 Å². The maximum Gasteiger partial charge on any atom is 0.328 e. The number of aromatic nitrogens is 1. The minimum Gasteiger partial charge on any atom is -0.480 e. The van der Waals surface area contributed by atoms with Gasteiger partial charge in [0.1, 0.15) is 4.75 Å². The Hall–Kier alpha value is -2.79. The highest BCUT2D eigenvalue weighted by molar-refractivity contribution is 7.94.